The second-order valence-corrected chi connectivity index (χ2v) is 3.69. The first-order chi connectivity index (χ1) is 9.35. The van der Waals surface area contributed by atoms with Crippen LogP contribution in [0.2, 0.25) is 0 Å². The van der Waals surface area contributed by atoms with E-state index in [0.29, 0.717) is 12.1 Å². The summed E-state index contributed by atoms with van der Waals surface area (Å²) in [6, 6.07) is -1.81. The van der Waals surface area contributed by atoms with Gasteiger partial charge in [0, 0.05) is 19.2 Å². The number of benzene rings is 1. The molecule has 0 heterocycles. The number of anilines is 1. The van der Waals surface area contributed by atoms with Crippen molar-refractivity contribution in [2.45, 2.75) is 6.04 Å². The van der Waals surface area contributed by atoms with Crippen LogP contribution in [0.25, 0.3) is 0 Å². The number of urea groups is 1. The molecule has 0 saturated heterocycles. The normalized spacial score (nSPS) is 11.8. The highest BCUT2D eigenvalue weighted by Gasteiger charge is 2.21. The standard InChI is InChI=1S/C11H11F3N2O4/c1-20-4-8(10(17)18)15-11(19)16-9-6(13)2-5(12)3-7(9)14/h2-3,8H,4H2,1H3,(H,17,18)(H2,15,16,19). The number of carbonyl (C=O) groups excluding carboxylic acids is 1. The van der Waals surface area contributed by atoms with Gasteiger partial charge in [0.15, 0.2) is 17.7 Å². The van der Waals surface area contributed by atoms with Crippen molar-refractivity contribution in [1.29, 1.82) is 0 Å². The lowest BCUT2D eigenvalue weighted by Gasteiger charge is -2.14. The van der Waals surface area contributed by atoms with Crippen LogP contribution in [0.3, 0.4) is 0 Å². The SMILES string of the molecule is COCC(NC(=O)Nc1c(F)cc(F)cc1F)C(=O)O. The Bertz CT molecular complexity index is 501. The van der Waals surface area contributed by atoms with Gasteiger partial charge >= 0.3 is 12.0 Å². The average molecular weight is 292 g/mol. The van der Waals surface area contributed by atoms with E-state index in [9.17, 15) is 22.8 Å². The molecule has 1 rings (SSSR count). The van der Waals surface area contributed by atoms with Crippen LogP contribution < -0.4 is 10.6 Å². The highest BCUT2D eigenvalue weighted by molar-refractivity contribution is 5.92. The molecule has 0 aliphatic carbocycles. The van der Waals surface area contributed by atoms with Crippen LogP contribution in [0, 0.1) is 17.5 Å². The maximum Gasteiger partial charge on any atom is 0.328 e. The van der Waals surface area contributed by atoms with E-state index in [1.807, 2.05) is 5.32 Å². The molecular formula is C11H11F3N2O4. The summed E-state index contributed by atoms with van der Waals surface area (Å²) in [5.74, 6) is -5.18. The highest BCUT2D eigenvalue weighted by atomic mass is 19.1. The fourth-order valence-corrected chi connectivity index (χ4v) is 1.31. The first kappa shape index (κ1) is 15.8. The van der Waals surface area contributed by atoms with Gasteiger partial charge in [-0.15, -0.1) is 0 Å². The van der Waals surface area contributed by atoms with Gasteiger partial charge in [0.1, 0.15) is 11.5 Å². The maximum absolute atomic E-state index is 13.3. The molecule has 0 aromatic heterocycles. The van der Waals surface area contributed by atoms with Gasteiger partial charge in [-0.2, -0.15) is 0 Å². The minimum absolute atomic E-state index is 0.336. The molecule has 20 heavy (non-hydrogen) atoms. The number of ether oxygens (including phenoxy) is 1. The quantitative estimate of drug-likeness (QED) is 0.764. The molecule has 0 saturated carbocycles. The molecule has 0 aliphatic rings. The Labute approximate surface area is 111 Å². The molecule has 0 bridgehead atoms. The zero-order valence-corrected chi connectivity index (χ0v) is 10.2. The van der Waals surface area contributed by atoms with Crippen LogP contribution in [0.4, 0.5) is 23.7 Å². The lowest BCUT2D eigenvalue weighted by molar-refractivity contribution is -0.140. The number of aliphatic carboxylic acids is 1. The smallest absolute Gasteiger partial charge is 0.328 e. The van der Waals surface area contributed by atoms with E-state index >= 15 is 0 Å². The van der Waals surface area contributed by atoms with E-state index < -0.39 is 41.2 Å². The van der Waals surface area contributed by atoms with E-state index in [2.05, 4.69) is 4.74 Å². The molecule has 9 heteroatoms. The Morgan fingerprint density at radius 2 is 1.85 bits per heavy atom. The van der Waals surface area contributed by atoms with Crippen molar-refractivity contribution < 1.29 is 32.6 Å². The van der Waals surface area contributed by atoms with E-state index in [4.69, 9.17) is 5.11 Å². The van der Waals surface area contributed by atoms with Crippen molar-refractivity contribution in [3.8, 4) is 0 Å². The Morgan fingerprint density at radius 3 is 2.30 bits per heavy atom. The number of rotatable bonds is 5. The second kappa shape index (κ2) is 6.75. The van der Waals surface area contributed by atoms with Gasteiger partial charge in [-0.3, -0.25) is 0 Å². The largest absolute Gasteiger partial charge is 0.480 e. The Kier molecular flexibility index (Phi) is 5.32. The van der Waals surface area contributed by atoms with E-state index in [-0.39, 0.29) is 6.61 Å². The zero-order chi connectivity index (χ0) is 15.3. The summed E-state index contributed by atoms with van der Waals surface area (Å²) in [5, 5.41) is 12.4. The molecule has 0 spiro atoms. The van der Waals surface area contributed by atoms with Crippen LogP contribution in [0.1, 0.15) is 0 Å². The summed E-state index contributed by atoms with van der Waals surface area (Å²) in [4.78, 5) is 22.2. The van der Waals surface area contributed by atoms with Crippen LogP contribution in [0.15, 0.2) is 12.1 Å². The monoisotopic (exact) mass is 292 g/mol. The predicted molar refractivity (Wildman–Crippen MR) is 61.8 cm³/mol. The molecule has 1 atom stereocenters. The fourth-order valence-electron chi connectivity index (χ4n) is 1.31. The van der Waals surface area contributed by atoms with Crippen LogP contribution in [0.5, 0.6) is 0 Å². The molecule has 110 valence electrons. The van der Waals surface area contributed by atoms with Crippen LogP contribution in [-0.4, -0.2) is 36.9 Å². The number of methoxy groups -OCH3 is 1. The third-order valence-electron chi connectivity index (χ3n) is 2.18. The van der Waals surface area contributed by atoms with Crippen molar-refractivity contribution in [1.82, 2.24) is 5.32 Å². The van der Waals surface area contributed by atoms with Gasteiger partial charge in [0.25, 0.3) is 0 Å². The number of carboxylic acids is 1. The minimum atomic E-state index is -1.40. The van der Waals surface area contributed by atoms with Crippen molar-refractivity contribution in [2.24, 2.45) is 0 Å². The van der Waals surface area contributed by atoms with Gasteiger partial charge in [-0.25, -0.2) is 22.8 Å². The third kappa shape index (κ3) is 4.12. The third-order valence-corrected chi connectivity index (χ3v) is 2.18. The Balaban J connectivity index is 2.78. The lowest BCUT2D eigenvalue weighted by atomic mass is 10.2. The summed E-state index contributed by atoms with van der Waals surface area (Å²) >= 11 is 0. The second-order valence-electron chi connectivity index (χ2n) is 3.69. The fraction of sp³-hybridized carbons (Fsp3) is 0.273. The van der Waals surface area contributed by atoms with E-state index in [1.165, 1.54) is 7.11 Å². The Hall–Kier alpha value is -2.29. The van der Waals surface area contributed by atoms with Crippen LogP contribution in [-0.2, 0) is 9.53 Å². The lowest BCUT2D eigenvalue weighted by Crippen LogP contribution is -2.45. The van der Waals surface area contributed by atoms with Gasteiger partial charge in [0.2, 0.25) is 0 Å². The predicted octanol–water partition coefficient (Wildman–Crippen LogP) is 1.33. The first-order valence-corrected chi connectivity index (χ1v) is 5.29. The number of nitrogens with one attached hydrogen (secondary N) is 2. The molecule has 0 fully saturated rings. The first-order valence-electron chi connectivity index (χ1n) is 5.29. The average Bonchev–Trinajstić information content (AvgIpc) is 2.33. The molecule has 1 aromatic rings. The number of halogens is 3. The molecule has 6 nitrogen and oxygen atoms in total. The molecule has 0 aliphatic heterocycles. The van der Waals surface area contributed by atoms with Gasteiger partial charge in [-0.1, -0.05) is 0 Å². The van der Waals surface area contributed by atoms with E-state index in [0.717, 1.165) is 0 Å². The van der Waals surface area contributed by atoms with Crippen molar-refractivity contribution in [3.63, 3.8) is 0 Å². The van der Waals surface area contributed by atoms with Crippen molar-refractivity contribution in [3.05, 3.63) is 29.6 Å². The van der Waals surface area contributed by atoms with Gasteiger partial charge in [0.05, 0.1) is 6.61 Å². The number of amides is 2. The van der Waals surface area contributed by atoms with E-state index in [1.54, 1.807) is 5.32 Å². The number of hydrogen-bond donors (Lipinski definition) is 3. The van der Waals surface area contributed by atoms with Crippen molar-refractivity contribution >= 4 is 17.7 Å². The molecule has 2 amide bonds. The number of hydrogen-bond acceptors (Lipinski definition) is 3. The molecule has 0 radical (unpaired) electrons. The van der Waals surface area contributed by atoms with Gasteiger partial charge in [-0.05, 0) is 0 Å². The molecule has 1 unspecified atom stereocenters. The topological polar surface area (TPSA) is 87.7 Å². The summed E-state index contributed by atoms with van der Waals surface area (Å²) in [6.45, 7) is -0.336. The molecular weight excluding hydrogens is 281 g/mol. The summed E-state index contributed by atoms with van der Waals surface area (Å²) in [7, 11) is 1.22. The summed E-state index contributed by atoms with van der Waals surface area (Å²) in [5.41, 5.74) is -0.884. The maximum atomic E-state index is 13.3. The minimum Gasteiger partial charge on any atom is -0.480 e. The molecule has 3 N–H and O–H groups in total. The van der Waals surface area contributed by atoms with Gasteiger partial charge < -0.3 is 20.5 Å². The zero-order valence-electron chi connectivity index (χ0n) is 10.2. The van der Waals surface area contributed by atoms with Crippen LogP contribution >= 0.6 is 0 Å². The number of carbonyl (C=O) groups is 2. The summed E-state index contributed by atoms with van der Waals surface area (Å²) < 4.78 is 43.7. The Morgan fingerprint density at radius 1 is 1.30 bits per heavy atom. The number of carboxylic acid groups (broad SMARTS) is 1. The molecule has 1 aromatic carbocycles. The van der Waals surface area contributed by atoms with Crippen molar-refractivity contribution in [2.75, 3.05) is 19.0 Å². The summed E-state index contributed by atoms with van der Waals surface area (Å²) in [6.07, 6.45) is 0. The highest BCUT2D eigenvalue weighted by Crippen LogP contribution is 2.19.